The lowest BCUT2D eigenvalue weighted by Gasteiger charge is -2.08. The third kappa shape index (κ3) is 2.90. The predicted molar refractivity (Wildman–Crippen MR) is 73.2 cm³/mol. The van der Waals surface area contributed by atoms with Crippen molar-refractivity contribution in [1.82, 2.24) is 9.97 Å². The molecule has 4 nitrogen and oxygen atoms in total. The molecule has 1 aromatic carbocycles. The van der Waals surface area contributed by atoms with Gasteiger partial charge in [0.1, 0.15) is 5.02 Å². The number of anilines is 1. The molecule has 0 aliphatic carbocycles. The number of rotatable bonds is 4. The van der Waals surface area contributed by atoms with E-state index < -0.39 is 0 Å². The van der Waals surface area contributed by atoms with Crippen molar-refractivity contribution in [2.45, 2.75) is 13.3 Å². The van der Waals surface area contributed by atoms with Crippen LogP contribution in [-0.4, -0.2) is 16.5 Å². The van der Waals surface area contributed by atoms with Crippen LogP contribution in [-0.2, 0) is 6.42 Å². The highest BCUT2D eigenvalue weighted by Gasteiger charge is 2.04. The molecule has 0 spiro atoms. The maximum absolute atomic E-state index is 11.3. The number of aromatic amines is 1. The molecule has 0 bridgehead atoms. The van der Waals surface area contributed by atoms with E-state index in [0.29, 0.717) is 12.4 Å². The largest absolute Gasteiger partial charge is 0.368 e. The summed E-state index contributed by atoms with van der Waals surface area (Å²) in [6.07, 6.45) is 2.20. The first-order valence-electron chi connectivity index (χ1n) is 5.70. The molecule has 94 valence electrons. The second-order valence-corrected chi connectivity index (χ2v) is 4.38. The van der Waals surface area contributed by atoms with E-state index in [-0.39, 0.29) is 10.6 Å². The van der Waals surface area contributed by atoms with Crippen LogP contribution in [0, 0.1) is 6.92 Å². The molecular formula is C13H14ClN3O. The Morgan fingerprint density at radius 1 is 1.39 bits per heavy atom. The highest BCUT2D eigenvalue weighted by molar-refractivity contribution is 6.32. The van der Waals surface area contributed by atoms with Crippen LogP contribution in [0.15, 0.2) is 35.4 Å². The van der Waals surface area contributed by atoms with Crippen molar-refractivity contribution in [3.63, 3.8) is 0 Å². The molecule has 0 aliphatic rings. The van der Waals surface area contributed by atoms with Crippen molar-refractivity contribution in [2.75, 3.05) is 11.9 Å². The lowest BCUT2D eigenvalue weighted by molar-refractivity contribution is 0.984. The second kappa shape index (κ2) is 5.69. The van der Waals surface area contributed by atoms with E-state index in [1.807, 2.05) is 12.1 Å². The van der Waals surface area contributed by atoms with Crippen LogP contribution in [0.1, 0.15) is 11.1 Å². The van der Waals surface area contributed by atoms with E-state index in [1.54, 1.807) is 0 Å². The van der Waals surface area contributed by atoms with Crippen molar-refractivity contribution >= 4 is 17.4 Å². The zero-order valence-corrected chi connectivity index (χ0v) is 10.8. The summed E-state index contributed by atoms with van der Waals surface area (Å²) in [4.78, 5) is 17.7. The van der Waals surface area contributed by atoms with Crippen LogP contribution in [0.4, 0.5) is 5.82 Å². The van der Waals surface area contributed by atoms with Gasteiger partial charge in [0.2, 0.25) is 0 Å². The summed E-state index contributed by atoms with van der Waals surface area (Å²) >= 11 is 5.84. The molecule has 2 aromatic rings. The zero-order valence-electron chi connectivity index (χ0n) is 10.0. The summed E-state index contributed by atoms with van der Waals surface area (Å²) in [5.74, 6) is 0.425. The SMILES string of the molecule is Cc1ccccc1CCNc1nc[nH]c(=O)c1Cl. The Balaban J connectivity index is 1.99. The molecule has 2 rings (SSSR count). The predicted octanol–water partition coefficient (Wildman–Crippen LogP) is 2.39. The topological polar surface area (TPSA) is 57.8 Å². The van der Waals surface area contributed by atoms with Gasteiger partial charge in [-0.05, 0) is 24.5 Å². The second-order valence-electron chi connectivity index (χ2n) is 4.00. The first-order valence-corrected chi connectivity index (χ1v) is 6.08. The van der Waals surface area contributed by atoms with Gasteiger partial charge in [-0.3, -0.25) is 4.79 Å². The maximum atomic E-state index is 11.3. The summed E-state index contributed by atoms with van der Waals surface area (Å²) in [6, 6.07) is 8.19. The van der Waals surface area contributed by atoms with E-state index in [0.717, 1.165) is 6.42 Å². The number of halogens is 1. The molecule has 0 fully saturated rings. The summed E-state index contributed by atoms with van der Waals surface area (Å²) in [6.45, 7) is 2.76. The van der Waals surface area contributed by atoms with Gasteiger partial charge in [-0.1, -0.05) is 35.9 Å². The van der Waals surface area contributed by atoms with E-state index in [9.17, 15) is 4.79 Å². The Bertz CT molecular complexity index is 595. The minimum Gasteiger partial charge on any atom is -0.368 e. The average molecular weight is 264 g/mol. The van der Waals surface area contributed by atoms with Gasteiger partial charge < -0.3 is 10.3 Å². The van der Waals surface area contributed by atoms with Gasteiger partial charge in [0, 0.05) is 6.54 Å². The molecule has 0 saturated heterocycles. The van der Waals surface area contributed by atoms with Gasteiger partial charge in [0.15, 0.2) is 5.82 Å². The minimum absolute atomic E-state index is 0.0993. The monoisotopic (exact) mass is 263 g/mol. The lowest BCUT2D eigenvalue weighted by Crippen LogP contribution is -2.13. The van der Waals surface area contributed by atoms with Gasteiger partial charge in [-0.2, -0.15) is 0 Å². The van der Waals surface area contributed by atoms with Crippen LogP contribution in [0.5, 0.6) is 0 Å². The molecule has 2 N–H and O–H groups in total. The van der Waals surface area contributed by atoms with E-state index in [2.05, 4.69) is 34.3 Å². The van der Waals surface area contributed by atoms with Gasteiger partial charge in [-0.25, -0.2) is 4.98 Å². The number of hydrogen-bond donors (Lipinski definition) is 2. The van der Waals surface area contributed by atoms with Crippen LogP contribution >= 0.6 is 11.6 Å². The standard InChI is InChI=1S/C13H14ClN3O/c1-9-4-2-3-5-10(9)6-7-15-12-11(14)13(18)17-8-16-12/h2-5,8H,6-7H2,1H3,(H2,15,16,17,18). The summed E-state index contributed by atoms with van der Waals surface area (Å²) < 4.78 is 0. The van der Waals surface area contributed by atoms with E-state index >= 15 is 0 Å². The Kier molecular flexibility index (Phi) is 3.99. The molecule has 0 saturated carbocycles. The molecule has 0 radical (unpaired) electrons. The fourth-order valence-electron chi connectivity index (χ4n) is 1.71. The molecule has 0 atom stereocenters. The Morgan fingerprint density at radius 2 is 2.17 bits per heavy atom. The average Bonchev–Trinajstić information content (AvgIpc) is 2.37. The third-order valence-corrected chi connectivity index (χ3v) is 3.10. The van der Waals surface area contributed by atoms with Crippen LogP contribution in [0.3, 0.4) is 0 Å². The fraction of sp³-hybridized carbons (Fsp3) is 0.231. The Morgan fingerprint density at radius 3 is 2.94 bits per heavy atom. The van der Waals surface area contributed by atoms with Crippen molar-refractivity contribution < 1.29 is 0 Å². The van der Waals surface area contributed by atoms with Crippen LogP contribution < -0.4 is 10.9 Å². The number of benzene rings is 1. The molecule has 1 heterocycles. The highest BCUT2D eigenvalue weighted by atomic mass is 35.5. The Hall–Kier alpha value is -1.81. The molecule has 1 aromatic heterocycles. The van der Waals surface area contributed by atoms with E-state index in [1.165, 1.54) is 17.5 Å². The van der Waals surface area contributed by atoms with E-state index in [4.69, 9.17) is 11.6 Å². The molecule has 0 aliphatic heterocycles. The third-order valence-electron chi connectivity index (χ3n) is 2.74. The molecule has 18 heavy (non-hydrogen) atoms. The minimum atomic E-state index is -0.329. The molecular weight excluding hydrogens is 250 g/mol. The summed E-state index contributed by atoms with van der Waals surface area (Å²) in [5, 5.41) is 3.17. The fourth-order valence-corrected chi connectivity index (χ4v) is 1.88. The van der Waals surface area contributed by atoms with Gasteiger partial charge in [-0.15, -0.1) is 0 Å². The van der Waals surface area contributed by atoms with Gasteiger partial charge in [0.05, 0.1) is 6.33 Å². The molecule has 5 heteroatoms. The maximum Gasteiger partial charge on any atom is 0.271 e. The number of nitrogens with one attached hydrogen (secondary N) is 2. The first kappa shape index (κ1) is 12.6. The quantitative estimate of drug-likeness (QED) is 0.891. The smallest absolute Gasteiger partial charge is 0.271 e. The summed E-state index contributed by atoms with van der Waals surface area (Å²) in [7, 11) is 0. The van der Waals surface area contributed by atoms with Crippen molar-refractivity contribution in [1.29, 1.82) is 0 Å². The lowest BCUT2D eigenvalue weighted by atomic mass is 10.1. The van der Waals surface area contributed by atoms with Crippen molar-refractivity contribution in [3.05, 3.63) is 57.1 Å². The number of hydrogen-bond acceptors (Lipinski definition) is 3. The number of aryl methyl sites for hydroxylation is 1. The normalized spacial score (nSPS) is 10.3. The number of H-pyrrole nitrogens is 1. The van der Waals surface area contributed by atoms with Crippen molar-refractivity contribution in [3.8, 4) is 0 Å². The Labute approximate surface area is 110 Å². The van der Waals surface area contributed by atoms with Crippen LogP contribution in [0.25, 0.3) is 0 Å². The number of aromatic nitrogens is 2. The zero-order chi connectivity index (χ0) is 13.0. The van der Waals surface area contributed by atoms with Crippen LogP contribution in [0.2, 0.25) is 5.02 Å². The highest BCUT2D eigenvalue weighted by Crippen LogP contribution is 2.13. The summed E-state index contributed by atoms with van der Waals surface area (Å²) in [5.41, 5.74) is 2.19. The van der Waals surface area contributed by atoms with Gasteiger partial charge in [0.25, 0.3) is 5.56 Å². The molecule has 0 amide bonds. The molecule has 0 unspecified atom stereocenters. The first-order chi connectivity index (χ1) is 8.68. The van der Waals surface area contributed by atoms with Crippen molar-refractivity contribution in [2.24, 2.45) is 0 Å². The van der Waals surface area contributed by atoms with Gasteiger partial charge >= 0.3 is 0 Å². The number of nitrogens with zero attached hydrogens (tertiary/aromatic N) is 1.